The van der Waals surface area contributed by atoms with Crippen LogP contribution in [0.4, 0.5) is 0 Å². The van der Waals surface area contributed by atoms with Crippen molar-refractivity contribution in [3.05, 3.63) is 96.8 Å². The highest BCUT2D eigenvalue weighted by Gasteiger charge is 2.15. The first-order valence-electron chi connectivity index (χ1n) is 9.09. The van der Waals surface area contributed by atoms with E-state index >= 15 is 0 Å². The van der Waals surface area contributed by atoms with Crippen molar-refractivity contribution in [3.63, 3.8) is 0 Å². The molecule has 0 bridgehead atoms. The number of aromatic nitrogens is 2. The van der Waals surface area contributed by atoms with Crippen LogP contribution in [-0.2, 0) is 13.1 Å². The van der Waals surface area contributed by atoms with Crippen molar-refractivity contribution >= 4 is 11.0 Å². The van der Waals surface area contributed by atoms with Gasteiger partial charge < -0.3 is 4.74 Å². The van der Waals surface area contributed by atoms with Crippen LogP contribution in [0, 0.1) is 0 Å². The van der Waals surface area contributed by atoms with Crippen LogP contribution in [-0.4, -0.2) is 11.2 Å². The molecule has 0 aliphatic carbocycles. The molecule has 3 nitrogen and oxygen atoms in total. The lowest BCUT2D eigenvalue weighted by Crippen LogP contribution is -2.32. The molecule has 0 saturated carbocycles. The Morgan fingerprint density at radius 2 is 1.46 bits per heavy atom. The summed E-state index contributed by atoms with van der Waals surface area (Å²) in [6, 6.07) is 29.2. The number of aryl methyl sites for hydroxylation is 1. The van der Waals surface area contributed by atoms with Crippen molar-refractivity contribution in [1.29, 1.82) is 0 Å². The van der Waals surface area contributed by atoms with Crippen molar-refractivity contribution in [2.75, 3.05) is 6.61 Å². The van der Waals surface area contributed by atoms with Gasteiger partial charge in [-0.1, -0.05) is 60.7 Å². The van der Waals surface area contributed by atoms with E-state index in [-0.39, 0.29) is 0 Å². The molecule has 1 heterocycles. The molecule has 0 radical (unpaired) electrons. The summed E-state index contributed by atoms with van der Waals surface area (Å²) in [4.78, 5) is 0. The van der Waals surface area contributed by atoms with Gasteiger partial charge in [0.1, 0.15) is 12.3 Å². The fourth-order valence-electron chi connectivity index (χ4n) is 3.27. The van der Waals surface area contributed by atoms with Crippen LogP contribution in [0.25, 0.3) is 11.0 Å². The first kappa shape index (κ1) is 16.4. The third-order valence-corrected chi connectivity index (χ3v) is 4.53. The van der Waals surface area contributed by atoms with Gasteiger partial charge in [0.25, 0.3) is 0 Å². The average Bonchev–Trinajstić information content (AvgIpc) is 3.05. The van der Waals surface area contributed by atoms with Gasteiger partial charge in [0.15, 0.2) is 11.0 Å². The second kappa shape index (κ2) is 7.87. The fraction of sp³-hybridized carbons (Fsp3) is 0.174. The van der Waals surface area contributed by atoms with Gasteiger partial charge in [0.2, 0.25) is 6.33 Å². The normalized spacial score (nSPS) is 10.9. The van der Waals surface area contributed by atoms with Crippen LogP contribution in [0.3, 0.4) is 0 Å². The van der Waals surface area contributed by atoms with Crippen molar-refractivity contribution in [2.24, 2.45) is 0 Å². The molecule has 26 heavy (non-hydrogen) atoms. The van der Waals surface area contributed by atoms with E-state index in [0.29, 0.717) is 0 Å². The second-order valence-corrected chi connectivity index (χ2v) is 6.43. The SMILES string of the molecule is c1ccc(C[n+]2cn(CCCOc3ccccc3)c3ccccc32)cc1. The summed E-state index contributed by atoms with van der Waals surface area (Å²) in [5, 5.41) is 0. The molecule has 3 aromatic carbocycles. The first-order chi connectivity index (χ1) is 12.9. The molecule has 130 valence electrons. The van der Waals surface area contributed by atoms with E-state index in [9.17, 15) is 0 Å². The Hall–Kier alpha value is -3.07. The van der Waals surface area contributed by atoms with Gasteiger partial charge in [-0.2, -0.15) is 0 Å². The van der Waals surface area contributed by atoms with Crippen molar-refractivity contribution in [2.45, 2.75) is 19.5 Å². The zero-order chi connectivity index (χ0) is 17.6. The van der Waals surface area contributed by atoms with Crippen molar-refractivity contribution in [1.82, 2.24) is 4.57 Å². The summed E-state index contributed by atoms with van der Waals surface area (Å²) in [5.74, 6) is 0.934. The van der Waals surface area contributed by atoms with Gasteiger partial charge in [-0.15, -0.1) is 0 Å². The Morgan fingerprint density at radius 1 is 0.769 bits per heavy atom. The van der Waals surface area contributed by atoms with Gasteiger partial charge in [-0.05, 0) is 29.8 Å². The van der Waals surface area contributed by atoms with E-state index < -0.39 is 0 Å². The predicted octanol–water partition coefficient (Wildman–Crippen LogP) is 4.45. The van der Waals surface area contributed by atoms with Gasteiger partial charge in [0, 0.05) is 6.42 Å². The maximum Gasteiger partial charge on any atom is 0.245 e. The Labute approximate surface area is 154 Å². The van der Waals surface area contributed by atoms with E-state index in [2.05, 4.69) is 70.1 Å². The molecule has 0 atom stereocenters. The molecule has 4 rings (SSSR count). The molecule has 0 N–H and O–H groups in total. The van der Waals surface area contributed by atoms with Gasteiger partial charge in [-0.25, -0.2) is 9.13 Å². The number of benzene rings is 3. The molecule has 0 aliphatic heterocycles. The number of hydrogen-bond donors (Lipinski definition) is 0. The highest BCUT2D eigenvalue weighted by molar-refractivity contribution is 5.71. The third kappa shape index (κ3) is 3.77. The minimum atomic E-state index is 0.717. The monoisotopic (exact) mass is 343 g/mol. The van der Waals surface area contributed by atoms with Crippen LogP contribution in [0.15, 0.2) is 91.3 Å². The zero-order valence-corrected chi connectivity index (χ0v) is 14.8. The average molecular weight is 343 g/mol. The second-order valence-electron chi connectivity index (χ2n) is 6.43. The number of fused-ring (bicyclic) bond motifs is 1. The summed E-state index contributed by atoms with van der Waals surface area (Å²) in [7, 11) is 0. The molecular weight excluding hydrogens is 320 g/mol. The number of hydrogen-bond acceptors (Lipinski definition) is 1. The van der Waals surface area contributed by atoms with Crippen molar-refractivity contribution in [3.8, 4) is 5.75 Å². The highest BCUT2D eigenvalue weighted by atomic mass is 16.5. The summed E-state index contributed by atoms with van der Waals surface area (Å²) < 4.78 is 10.5. The molecule has 3 heteroatoms. The lowest BCUT2D eigenvalue weighted by molar-refractivity contribution is -0.663. The van der Waals surface area contributed by atoms with Gasteiger partial charge in [-0.3, -0.25) is 0 Å². The molecule has 4 aromatic rings. The topological polar surface area (TPSA) is 18.0 Å². The third-order valence-electron chi connectivity index (χ3n) is 4.53. The summed E-state index contributed by atoms with van der Waals surface area (Å²) >= 11 is 0. The lowest BCUT2D eigenvalue weighted by Gasteiger charge is -2.04. The Bertz CT molecular complexity index is 961. The lowest BCUT2D eigenvalue weighted by atomic mass is 10.2. The Kier molecular flexibility index (Phi) is 4.97. The molecule has 0 aliphatic rings. The number of nitrogens with zero attached hydrogens (tertiary/aromatic N) is 2. The summed E-state index contributed by atoms with van der Waals surface area (Å²) in [6.07, 6.45) is 3.19. The first-order valence-corrected chi connectivity index (χ1v) is 9.09. The van der Waals surface area contributed by atoms with E-state index in [1.165, 1.54) is 16.6 Å². The van der Waals surface area contributed by atoms with E-state index in [1.807, 2.05) is 30.3 Å². The quantitative estimate of drug-likeness (QED) is 0.358. The Morgan fingerprint density at radius 3 is 2.27 bits per heavy atom. The number of rotatable bonds is 7. The fourth-order valence-corrected chi connectivity index (χ4v) is 3.27. The van der Waals surface area contributed by atoms with E-state index in [0.717, 1.165) is 31.9 Å². The molecule has 0 fully saturated rings. The van der Waals surface area contributed by atoms with E-state index in [1.54, 1.807) is 0 Å². The van der Waals surface area contributed by atoms with E-state index in [4.69, 9.17) is 4.74 Å². The Balaban J connectivity index is 1.47. The maximum atomic E-state index is 5.82. The molecule has 1 aromatic heterocycles. The molecular formula is C23H23N2O+. The number of para-hydroxylation sites is 3. The van der Waals surface area contributed by atoms with Crippen molar-refractivity contribution < 1.29 is 9.30 Å². The molecule has 0 amide bonds. The molecule has 0 spiro atoms. The number of ether oxygens (including phenoxy) is 1. The van der Waals surface area contributed by atoms with Gasteiger partial charge >= 0.3 is 0 Å². The van der Waals surface area contributed by atoms with Crippen LogP contribution >= 0.6 is 0 Å². The standard InChI is InChI=1S/C23H23N2O/c1-3-10-20(11-4-1)18-25-19-24(22-14-7-8-15-23(22)25)16-9-17-26-21-12-5-2-6-13-21/h1-8,10-15,19H,9,16-18H2/q+1. The maximum absolute atomic E-state index is 5.82. The predicted molar refractivity (Wildman–Crippen MR) is 104 cm³/mol. The van der Waals surface area contributed by atoms with Crippen LogP contribution in [0.2, 0.25) is 0 Å². The minimum Gasteiger partial charge on any atom is -0.493 e. The largest absolute Gasteiger partial charge is 0.493 e. The molecule has 0 unspecified atom stereocenters. The number of imidazole rings is 1. The minimum absolute atomic E-state index is 0.717. The van der Waals surface area contributed by atoms with Crippen LogP contribution < -0.4 is 9.30 Å². The highest BCUT2D eigenvalue weighted by Crippen LogP contribution is 2.13. The summed E-state index contributed by atoms with van der Waals surface area (Å²) in [5.41, 5.74) is 3.84. The van der Waals surface area contributed by atoms with Crippen LogP contribution in [0.5, 0.6) is 5.75 Å². The van der Waals surface area contributed by atoms with Crippen LogP contribution in [0.1, 0.15) is 12.0 Å². The van der Waals surface area contributed by atoms with Gasteiger partial charge in [0.05, 0.1) is 13.2 Å². The zero-order valence-electron chi connectivity index (χ0n) is 14.8. The smallest absolute Gasteiger partial charge is 0.245 e. The molecule has 0 saturated heterocycles. The summed E-state index contributed by atoms with van der Waals surface area (Å²) in [6.45, 7) is 2.54.